The lowest BCUT2D eigenvalue weighted by molar-refractivity contribution is -0.176. The highest BCUT2D eigenvalue weighted by Crippen LogP contribution is 2.36. The van der Waals surface area contributed by atoms with Crippen LogP contribution >= 0.6 is 11.6 Å². The van der Waals surface area contributed by atoms with Crippen LogP contribution in [-0.2, 0) is 21.0 Å². The van der Waals surface area contributed by atoms with Gasteiger partial charge < -0.3 is 24.8 Å². The Hall–Kier alpha value is -1.68. The van der Waals surface area contributed by atoms with Gasteiger partial charge in [-0.3, -0.25) is 0 Å². The van der Waals surface area contributed by atoms with Gasteiger partial charge in [0.15, 0.2) is 9.84 Å². The van der Waals surface area contributed by atoms with Gasteiger partial charge in [-0.25, -0.2) is 8.42 Å². The Kier molecular flexibility index (Phi) is 7.06. The number of ether oxygens (including phenoxy) is 2. The normalized spacial score (nSPS) is 27.1. The van der Waals surface area contributed by atoms with Crippen molar-refractivity contribution < 1.29 is 33.2 Å². The number of aliphatic hydroxyl groups is 3. The van der Waals surface area contributed by atoms with Crippen molar-refractivity contribution in [3.63, 3.8) is 0 Å². The van der Waals surface area contributed by atoms with E-state index in [1.807, 2.05) is 24.3 Å². The maximum Gasteiger partial charge on any atom is 0.155 e. The van der Waals surface area contributed by atoms with Crippen molar-refractivity contribution in [1.82, 2.24) is 0 Å². The molecular formula is C21H25ClO7S. The Morgan fingerprint density at radius 2 is 1.77 bits per heavy atom. The van der Waals surface area contributed by atoms with Gasteiger partial charge >= 0.3 is 0 Å². The average Bonchev–Trinajstić information content (AvgIpc) is 2.71. The van der Waals surface area contributed by atoms with Gasteiger partial charge in [-0.1, -0.05) is 35.9 Å². The van der Waals surface area contributed by atoms with E-state index >= 15 is 0 Å². The van der Waals surface area contributed by atoms with Crippen LogP contribution in [0.15, 0.2) is 42.5 Å². The molecule has 2 aromatic carbocycles. The van der Waals surface area contributed by atoms with E-state index < -0.39 is 46.1 Å². The predicted octanol–water partition coefficient (Wildman–Crippen LogP) is 1.51. The molecule has 3 rings (SSSR count). The fourth-order valence-electron chi connectivity index (χ4n) is 3.76. The summed E-state index contributed by atoms with van der Waals surface area (Å²) in [6, 6.07) is 12.6. The standard InChI is InChI=1S/C21H25ClO7S/c1-28-15-6-3-12(4-7-15)9-14-10-13(5-8-16(14)22)20-18(24)19(25)21(30(2,26)27)17(11-23)29-20/h3-8,10,17-21,23-25H,9,11H2,1-2H3/t17-,18-,19-,20+,21-/m1/s1. The molecule has 9 heteroatoms. The molecule has 0 aromatic heterocycles. The second kappa shape index (κ2) is 9.21. The first-order chi connectivity index (χ1) is 14.2. The van der Waals surface area contributed by atoms with Crippen molar-refractivity contribution in [3.8, 4) is 5.75 Å². The van der Waals surface area contributed by atoms with E-state index in [2.05, 4.69) is 0 Å². The fraction of sp³-hybridized carbons (Fsp3) is 0.429. The van der Waals surface area contributed by atoms with E-state index in [9.17, 15) is 23.7 Å². The molecule has 0 radical (unpaired) electrons. The van der Waals surface area contributed by atoms with Gasteiger partial charge in [-0.05, 0) is 41.3 Å². The molecule has 2 aromatic rings. The lowest BCUT2D eigenvalue weighted by Crippen LogP contribution is -2.58. The summed E-state index contributed by atoms with van der Waals surface area (Å²) in [4.78, 5) is 0. The Bertz CT molecular complexity index is 975. The van der Waals surface area contributed by atoms with E-state index in [0.717, 1.165) is 23.1 Å². The molecule has 0 spiro atoms. The molecular weight excluding hydrogens is 432 g/mol. The Morgan fingerprint density at radius 3 is 2.33 bits per heavy atom. The highest BCUT2D eigenvalue weighted by Gasteiger charge is 2.49. The van der Waals surface area contributed by atoms with Crippen molar-refractivity contribution in [2.45, 2.75) is 36.1 Å². The van der Waals surface area contributed by atoms with Crippen molar-refractivity contribution in [2.24, 2.45) is 0 Å². The fourth-order valence-corrected chi connectivity index (χ4v) is 5.32. The molecule has 0 unspecified atom stereocenters. The third-order valence-electron chi connectivity index (χ3n) is 5.31. The Labute approximate surface area is 180 Å². The van der Waals surface area contributed by atoms with Crippen LogP contribution in [-0.4, -0.2) is 67.3 Å². The summed E-state index contributed by atoms with van der Waals surface area (Å²) in [6.45, 7) is -0.607. The summed E-state index contributed by atoms with van der Waals surface area (Å²) < 4.78 is 34.9. The average molecular weight is 457 g/mol. The van der Waals surface area contributed by atoms with Crippen molar-refractivity contribution >= 4 is 21.4 Å². The van der Waals surface area contributed by atoms with Crippen LogP contribution in [0.5, 0.6) is 5.75 Å². The first kappa shape index (κ1) is 23.0. The summed E-state index contributed by atoms with van der Waals surface area (Å²) >= 11 is 6.35. The topological polar surface area (TPSA) is 113 Å². The molecule has 164 valence electrons. The molecule has 30 heavy (non-hydrogen) atoms. The molecule has 0 saturated carbocycles. The first-order valence-electron chi connectivity index (χ1n) is 9.38. The van der Waals surface area contributed by atoms with Gasteiger partial charge in [0, 0.05) is 11.3 Å². The molecule has 0 amide bonds. The molecule has 3 N–H and O–H groups in total. The SMILES string of the molecule is COc1ccc(Cc2cc([C@@H]3O[C@H](CO)[C@@H](S(C)(=O)=O)[C@H](O)[C@H]3O)ccc2Cl)cc1. The zero-order valence-corrected chi connectivity index (χ0v) is 18.2. The summed E-state index contributed by atoms with van der Waals surface area (Å²) in [6.07, 6.45) is -3.81. The quantitative estimate of drug-likeness (QED) is 0.603. The minimum atomic E-state index is -3.76. The molecule has 0 aliphatic carbocycles. The maximum atomic E-state index is 12.0. The predicted molar refractivity (Wildman–Crippen MR) is 113 cm³/mol. The van der Waals surface area contributed by atoms with Crippen molar-refractivity contribution in [3.05, 3.63) is 64.2 Å². The van der Waals surface area contributed by atoms with E-state index in [1.165, 1.54) is 0 Å². The lowest BCUT2D eigenvalue weighted by Gasteiger charge is -2.41. The van der Waals surface area contributed by atoms with Crippen LogP contribution in [0.1, 0.15) is 22.8 Å². The second-order valence-corrected chi connectivity index (χ2v) is 10.0. The largest absolute Gasteiger partial charge is 0.497 e. The summed E-state index contributed by atoms with van der Waals surface area (Å²) in [5.41, 5.74) is 2.29. The number of rotatable bonds is 6. The zero-order chi connectivity index (χ0) is 22.1. The van der Waals surface area contributed by atoms with Gasteiger partial charge in [0.05, 0.1) is 13.7 Å². The lowest BCUT2D eigenvalue weighted by atomic mass is 9.91. The number of aliphatic hydroxyl groups excluding tert-OH is 3. The monoisotopic (exact) mass is 456 g/mol. The van der Waals surface area contributed by atoms with Crippen molar-refractivity contribution in [1.29, 1.82) is 0 Å². The number of hydrogen-bond acceptors (Lipinski definition) is 7. The van der Waals surface area contributed by atoms with E-state index in [-0.39, 0.29) is 0 Å². The Balaban J connectivity index is 1.89. The van der Waals surface area contributed by atoms with Crippen LogP contribution in [0.3, 0.4) is 0 Å². The van der Waals surface area contributed by atoms with Crippen molar-refractivity contribution in [2.75, 3.05) is 20.0 Å². The summed E-state index contributed by atoms with van der Waals surface area (Å²) in [7, 11) is -2.17. The molecule has 0 bridgehead atoms. The van der Waals surface area contributed by atoms with Crippen LogP contribution in [0.25, 0.3) is 0 Å². The number of sulfone groups is 1. The number of benzene rings is 2. The molecule has 1 heterocycles. The van der Waals surface area contributed by atoms with E-state index in [4.69, 9.17) is 21.1 Å². The molecule has 1 fully saturated rings. The maximum absolute atomic E-state index is 12.0. The number of hydrogen-bond donors (Lipinski definition) is 3. The summed E-state index contributed by atoms with van der Waals surface area (Å²) in [5.74, 6) is 0.738. The van der Waals surface area contributed by atoms with Gasteiger partial charge in [0.2, 0.25) is 0 Å². The van der Waals surface area contributed by atoms with Crippen LogP contribution in [0.4, 0.5) is 0 Å². The highest BCUT2D eigenvalue weighted by molar-refractivity contribution is 7.91. The zero-order valence-electron chi connectivity index (χ0n) is 16.6. The first-order valence-corrected chi connectivity index (χ1v) is 11.7. The van der Waals surface area contributed by atoms with Gasteiger partial charge in [0.1, 0.15) is 35.4 Å². The second-order valence-electron chi connectivity index (χ2n) is 7.43. The smallest absolute Gasteiger partial charge is 0.155 e. The minimum Gasteiger partial charge on any atom is -0.497 e. The molecule has 1 aliphatic heterocycles. The molecule has 7 nitrogen and oxygen atoms in total. The van der Waals surface area contributed by atoms with E-state index in [1.54, 1.807) is 25.3 Å². The van der Waals surface area contributed by atoms with E-state index in [0.29, 0.717) is 17.0 Å². The third kappa shape index (κ3) is 4.80. The van der Waals surface area contributed by atoms with Gasteiger partial charge in [-0.2, -0.15) is 0 Å². The highest BCUT2D eigenvalue weighted by atomic mass is 35.5. The molecule has 5 atom stereocenters. The Morgan fingerprint density at radius 1 is 1.10 bits per heavy atom. The number of halogens is 1. The van der Waals surface area contributed by atoms with Crippen LogP contribution in [0, 0.1) is 0 Å². The minimum absolute atomic E-state index is 0.511. The molecule has 1 saturated heterocycles. The van der Waals surface area contributed by atoms with Gasteiger partial charge in [-0.15, -0.1) is 0 Å². The van der Waals surface area contributed by atoms with Gasteiger partial charge in [0.25, 0.3) is 0 Å². The third-order valence-corrected chi connectivity index (χ3v) is 7.25. The summed E-state index contributed by atoms with van der Waals surface area (Å²) in [5, 5.41) is 29.8. The van der Waals surface area contributed by atoms with Crippen LogP contribution in [0.2, 0.25) is 5.02 Å². The number of methoxy groups -OCH3 is 1. The molecule has 1 aliphatic rings. The van der Waals surface area contributed by atoms with Crippen LogP contribution < -0.4 is 4.74 Å².